The highest BCUT2D eigenvalue weighted by atomic mass is 32.1. The number of ether oxygens (including phenoxy) is 1. The second-order valence-electron chi connectivity index (χ2n) is 2.69. The molecule has 1 heterocycles. The van der Waals surface area contributed by atoms with Crippen LogP contribution in [0, 0.1) is 0 Å². The van der Waals surface area contributed by atoms with Gasteiger partial charge in [0.05, 0.1) is 0 Å². The van der Waals surface area contributed by atoms with Gasteiger partial charge < -0.3 is 14.3 Å². The van der Waals surface area contributed by atoms with Crippen molar-refractivity contribution in [3.8, 4) is 0 Å². The van der Waals surface area contributed by atoms with Crippen molar-refractivity contribution in [3.05, 3.63) is 23.7 Å². The lowest BCUT2D eigenvalue weighted by Crippen LogP contribution is -2.11. The van der Waals surface area contributed by atoms with Gasteiger partial charge in [-0.1, -0.05) is 6.92 Å². The van der Waals surface area contributed by atoms with Crippen molar-refractivity contribution >= 4 is 18.6 Å². The first-order chi connectivity index (χ1) is 6.67. The zero-order valence-corrected chi connectivity index (χ0v) is 8.66. The average molecular weight is 216 g/mol. The Balaban J connectivity index is 2.60. The molecular weight excluding hydrogens is 204 g/mol. The summed E-state index contributed by atoms with van der Waals surface area (Å²) in [7, 11) is 0. The Kier molecular flexibility index (Phi) is 4.03. The molecule has 0 saturated carbocycles. The average Bonchev–Trinajstić information content (AvgIpc) is 2.65. The molecule has 0 fully saturated rings. The molecule has 0 aliphatic heterocycles. The molecule has 1 unspecified atom stereocenters. The number of hydrogen-bond donors (Lipinski definition) is 2. The van der Waals surface area contributed by atoms with Gasteiger partial charge in [-0.25, -0.2) is 4.79 Å². The topological polar surface area (TPSA) is 59.7 Å². The number of thiol groups is 1. The van der Waals surface area contributed by atoms with E-state index in [0.29, 0.717) is 12.2 Å². The SMILES string of the molecule is CCC(S)OC(=O)c1ccc(CO)o1. The van der Waals surface area contributed by atoms with Crippen LogP contribution in [0.2, 0.25) is 0 Å². The third-order valence-corrected chi connectivity index (χ3v) is 2.08. The first-order valence-electron chi connectivity index (χ1n) is 4.26. The predicted octanol–water partition coefficient (Wildman–Crippen LogP) is 1.59. The van der Waals surface area contributed by atoms with Gasteiger partial charge in [-0.2, -0.15) is 0 Å². The molecule has 0 radical (unpaired) electrons. The molecule has 0 saturated heterocycles. The van der Waals surface area contributed by atoms with Crippen molar-refractivity contribution in [3.63, 3.8) is 0 Å². The second-order valence-corrected chi connectivity index (χ2v) is 3.27. The molecule has 0 bridgehead atoms. The molecule has 1 aromatic heterocycles. The van der Waals surface area contributed by atoms with Crippen LogP contribution in [-0.2, 0) is 11.3 Å². The van der Waals surface area contributed by atoms with Gasteiger partial charge >= 0.3 is 5.97 Å². The standard InChI is InChI=1S/C9H12O4S/c1-2-8(14)13-9(11)7-4-3-6(5-10)12-7/h3-4,8,10,14H,2,5H2,1H3. The fourth-order valence-electron chi connectivity index (χ4n) is 0.838. The number of furan rings is 1. The molecule has 0 amide bonds. The highest BCUT2D eigenvalue weighted by molar-refractivity contribution is 7.80. The lowest BCUT2D eigenvalue weighted by molar-refractivity contribution is 0.0417. The molecule has 5 heteroatoms. The lowest BCUT2D eigenvalue weighted by Gasteiger charge is -2.07. The molecule has 0 aliphatic carbocycles. The summed E-state index contributed by atoms with van der Waals surface area (Å²) in [6.45, 7) is 1.62. The minimum absolute atomic E-state index is 0.0848. The van der Waals surface area contributed by atoms with Crippen LogP contribution in [0.25, 0.3) is 0 Å². The van der Waals surface area contributed by atoms with Crippen molar-refractivity contribution in [2.24, 2.45) is 0 Å². The maximum atomic E-state index is 11.3. The van der Waals surface area contributed by atoms with E-state index in [0.717, 1.165) is 0 Å². The molecule has 1 rings (SSSR count). The fourth-order valence-corrected chi connectivity index (χ4v) is 0.933. The highest BCUT2D eigenvalue weighted by Gasteiger charge is 2.15. The molecule has 4 nitrogen and oxygen atoms in total. The summed E-state index contributed by atoms with van der Waals surface area (Å²) >= 11 is 4.02. The summed E-state index contributed by atoms with van der Waals surface area (Å²) < 4.78 is 9.87. The van der Waals surface area contributed by atoms with Crippen LogP contribution in [0.1, 0.15) is 29.7 Å². The van der Waals surface area contributed by atoms with Crippen molar-refractivity contribution in [2.45, 2.75) is 25.4 Å². The van der Waals surface area contributed by atoms with Gasteiger partial charge in [-0.05, 0) is 18.6 Å². The minimum Gasteiger partial charge on any atom is -0.452 e. The Labute approximate surface area is 87.3 Å². The maximum Gasteiger partial charge on any atom is 0.375 e. The third kappa shape index (κ3) is 2.78. The van der Waals surface area contributed by atoms with Crippen molar-refractivity contribution in [1.29, 1.82) is 0 Å². The molecule has 0 aliphatic rings. The van der Waals surface area contributed by atoms with Crippen LogP contribution in [0.5, 0.6) is 0 Å². The first kappa shape index (κ1) is 11.1. The highest BCUT2D eigenvalue weighted by Crippen LogP contribution is 2.12. The van der Waals surface area contributed by atoms with E-state index in [1.807, 2.05) is 6.92 Å². The Morgan fingerprint density at radius 1 is 1.71 bits per heavy atom. The monoisotopic (exact) mass is 216 g/mol. The van der Waals surface area contributed by atoms with Crippen LogP contribution < -0.4 is 0 Å². The number of hydrogen-bond acceptors (Lipinski definition) is 5. The summed E-state index contributed by atoms with van der Waals surface area (Å²) in [6, 6.07) is 2.99. The fraction of sp³-hybridized carbons (Fsp3) is 0.444. The number of rotatable bonds is 4. The van der Waals surface area contributed by atoms with Gasteiger partial charge in [-0.15, -0.1) is 12.6 Å². The second kappa shape index (κ2) is 5.07. The van der Waals surface area contributed by atoms with Crippen LogP contribution in [-0.4, -0.2) is 16.5 Å². The van der Waals surface area contributed by atoms with Gasteiger partial charge in [0.25, 0.3) is 0 Å². The smallest absolute Gasteiger partial charge is 0.375 e. The van der Waals surface area contributed by atoms with Crippen LogP contribution in [0.3, 0.4) is 0 Å². The van der Waals surface area contributed by atoms with E-state index >= 15 is 0 Å². The largest absolute Gasteiger partial charge is 0.452 e. The third-order valence-electron chi connectivity index (χ3n) is 1.61. The molecule has 1 atom stereocenters. The van der Waals surface area contributed by atoms with E-state index in [-0.39, 0.29) is 12.4 Å². The van der Waals surface area contributed by atoms with E-state index in [2.05, 4.69) is 12.6 Å². The molecule has 78 valence electrons. The van der Waals surface area contributed by atoms with E-state index in [1.165, 1.54) is 12.1 Å². The normalized spacial score (nSPS) is 12.5. The minimum atomic E-state index is -0.563. The molecular formula is C9H12O4S. The number of aliphatic hydroxyl groups is 1. The summed E-state index contributed by atoms with van der Waals surface area (Å²) in [6.07, 6.45) is 0.627. The summed E-state index contributed by atoms with van der Waals surface area (Å²) in [5.41, 5.74) is -0.426. The Morgan fingerprint density at radius 2 is 2.43 bits per heavy atom. The Morgan fingerprint density at radius 3 is 2.93 bits per heavy atom. The van der Waals surface area contributed by atoms with Crippen molar-refractivity contribution in [2.75, 3.05) is 0 Å². The van der Waals surface area contributed by atoms with E-state index in [4.69, 9.17) is 14.3 Å². The predicted molar refractivity (Wildman–Crippen MR) is 53.1 cm³/mol. The van der Waals surface area contributed by atoms with Gasteiger partial charge in [0.2, 0.25) is 5.76 Å². The van der Waals surface area contributed by atoms with Gasteiger partial charge in [0, 0.05) is 0 Å². The van der Waals surface area contributed by atoms with Gasteiger partial charge in [-0.3, -0.25) is 0 Å². The first-order valence-corrected chi connectivity index (χ1v) is 4.77. The van der Waals surface area contributed by atoms with Crippen molar-refractivity contribution in [1.82, 2.24) is 0 Å². The van der Waals surface area contributed by atoms with Crippen LogP contribution in [0.4, 0.5) is 0 Å². The van der Waals surface area contributed by atoms with Gasteiger partial charge in [0.15, 0.2) is 0 Å². The summed E-state index contributed by atoms with van der Waals surface area (Å²) in [5, 5.41) is 8.70. The zero-order valence-electron chi connectivity index (χ0n) is 7.77. The number of carbonyl (C=O) groups excluding carboxylic acids is 1. The molecule has 0 aromatic carbocycles. The van der Waals surface area contributed by atoms with E-state index in [9.17, 15) is 4.79 Å². The number of aliphatic hydroxyl groups excluding tert-OH is 1. The maximum absolute atomic E-state index is 11.3. The number of carbonyl (C=O) groups is 1. The molecule has 14 heavy (non-hydrogen) atoms. The zero-order chi connectivity index (χ0) is 10.6. The molecule has 1 N–H and O–H groups in total. The molecule has 0 spiro atoms. The van der Waals surface area contributed by atoms with E-state index in [1.54, 1.807) is 0 Å². The van der Waals surface area contributed by atoms with Crippen molar-refractivity contribution < 1.29 is 19.1 Å². The quantitative estimate of drug-likeness (QED) is 0.456. The summed E-state index contributed by atoms with van der Waals surface area (Å²) in [4.78, 5) is 11.3. The lowest BCUT2D eigenvalue weighted by atomic mass is 10.4. The Hall–Kier alpha value is -0.940. The van der Waals surface area contributed by atoms with Gasteiger partial charge in [0.1, 0.15) is 17.8 Å². The van der Waals surface area contributed by atoms with Crippen LogP contribution in [0.15, 0.2) is 16.5 Å². The summed E-state index contributed by atoms with van der Waals surface area (Å²) in [5.74, 6) is -0.141. The van der Waals surface area contributed by atoms with E-state index < -0.39 is 11.4 Å². The molecule has 1 aromatic rings. The Bertz CT molecular complexity index is 308. The van der Waals surface area contributed by atoms with Crippen LogP contribution >= 0.6 is 12.6 Å². The number of esters is 1.